The minimum atomic E-state index is -0.271. The summed E-state index contributed by atoms with van der Waals surface area (Å²) in [6.45, 7) is 5.24. The summed E-state index contributed by atoms with van der Waals surface area (Å²) >= 11 is 12.4. The highest BCUT2D eigenvalue weighted by Crippen LogP contribution is 2.36. The Morgan fingerprint density at radius 3 is 2.58 bits per heavy atom. The number of carbonyl (C=O) groups excluding carboxylic acids is 1. The van der Waals surface area contributed by atoms with Crippen molar-refractivity contribution in [2.24, 2.45) is 0 Å². The summed E-state index contributed by atoms with van der Waals surface area (Å²) in [7, 11) is 0. The highest BCUT2D eigenvalue weighted by Gasteiger charge is 2.18. The smallest absolute Gasteiger partial charge is 0.264 e. The second-order valence-electron chi connectivity index (χ2n) is 5.52. The lowest BCUT2D eigenvalue weighted by molar-refractivity contribution is 0.103. The molecule has 3 aromatic rings. The first-order valence-electron chi connectivity index (χ1n) is 7.66. The van der Waals surface area contributed by atoms with Gasteiger partial charge < -0.3 is 9.26 Å². The second-order valence-corrected chi connectivity index (χ2v) is 6.27. The van der Waals surface area contributed by atoms with E-state index in [1.165, 1.54) is 0 Å². The fourth-order valence-corrected chi connectivity index (χ4v) is 2.67. The number of hydrogen-bond acceptors (Lipinski definition) is 5. The zero-order valence-corrected chi connectivity index (χ0v) is 15.3. The molecule has 3 rings (SSSR count). The van der Waals surface area contributed by atoms with Gasteiger partial charge in [0.1, 0.15) is 10.8 Å². The zero-order valence-electron chi connectivity index (χ0n) is 13.8. The summed E-state index contributed by atoms with van der Waals surface area (Å²) < 4.78 is 10.8. The molecule has 0 atom stereocenters. The number of nitrogens with zero attached hydrogens (tertiary/aromatic N) is 2. The van der Waals surface area contributed by atoms with Crippen LogP contribution < -0.4 is 4.74 Å². The van der Waals surface area contributed by atoms with E-state index in [4.69, 9.17) is 32.5 Å². The molecule has 132 valence electrons. The van der Waals surface area contributed by atoms with Gasteiger partial charge in [-0.1, -0.05) is 65.3 Å². The van der Waals surface area contributed by atoms with Crippen molar-refractivity contribution in [2.45, 2.75) is 13.5 Å². The number of halogens is 2. The number of hydrogen-bond donors (Lipinski definition) is 0. The van der Waals surface area contributed by atoms with E-state index in [9.17, 15) is 4.79 Å². The molecule has 0 saturated carbocycles. The van der Waals surface area contributed by atoms with Crippen molar-refractivity contribution >= 4 is 29.0 Å². The van der Waals surface area contributed by atoms with E-state index in [-0.39, 0.29) is 33.9 Å². The number of aromatic nitrogens is 2. The number of allylic oxidation sites excluding steroid dienone is 1. The third kappa shape index (κ3) is 3.79. The molecule has 0 saturated heterocycles. The van der Waals surface area contributed by atoms with E-state index in [1.807, 2.05) is 30.3 Å². The summed E-state index contributed by atoms with van der Waals surface area (Å²) in [5.41, 5.74) is 1.49. The first-order valence-corrected chi connectivity index (χ1v) is 8.42. The average molecular weight is 389 g/mol. The number of carbonyl (C=O) groups is 1. The number of rotatable bonds is 6. The molecule has 1 aromatic heterocycles. The van der Waals surface area contributed by atoms with E-state index < -0.39 is 0 Å². The number of benzene rings is 2. The Morgan fingerprint density at radius 2 is 1.88 bits per heavy atom. The summed E-state index contributed by atoms with van der Waals surface area (Å²) in [6.07, 6.45) is 0. The first kappa shape index (κ1) is 18.2. The molecule has 0 radical (unpaired) electrons. The van der Waals surface area contributed by atoms with Gasteiger partial charge in [-0.25, -0.2) is 0 Å². The van der Waals surface area contributed by atoms with Crippen molar-refractivity contribution in [1.82, 2.24) is 10.1 Å². The quantitative estimate of drug-likeness (QED) is 0.418. The van der Waals surface area contributed by atoms with E-state index >= 15 is 0 Å². The Labute approximate surface area is 160 Å². The molecule has 7 heteroatoms. The molecule has 5 nitrogen and oxygen atoms in total. The highest BCUT2D eigenvalue weighted by molar-refractivity contribution is 6.45. The molecule has 0 spiro atoms. The Balaban J connectivity index is 1.74. The van der Waals surface area contributed by atoms with Crippen LogP contribution in [-0.4, -0.2) is 15.9 Å². The molecule has 1 heterocycles. The van der Waals surface area contributed by atoms with Crippen LogP contribution in [0.15, 0.2) is 59.1 Å². The lowest BCUT2D eigenvalue weighted by atomic mass is 10.1. The Bertz CT molecular complexity index is 968. The van der Waals surface area contributed by atoms with Gasteiger partial charge in [0.2, 0.25) is 5.82 Å². The molecule has 0 amide bonds. The summed E-state index contributed by atoms with van der Waals surface area (Å²) in [5.74, 6) is 0.802. The molecule has 0 bridgehead atoms. The minimum absolute atomic E-state index is 0.0175. The van der Waals surface area contributed by atoms with Crippen molar-refractivity contribution in [3.63, 3.8) is 0 Å². The molecule has 0 aliphatic carbocycles. The van der Waals surface area contributed by atoms with Gasteiger partial charge in [0.25, 0.3) is 5.89 Å². The van der Waals surface area contributed by atoms with Crippen LogP contribution in [0.1, 0.15) is 23.2 Å². The van der Waals surface area contributed by atoms with Gasteiger partial charge in [-0.15, -0.1) is 0 Å². The monoisotopic (exact) mass is 388 g/mol. The van der Waals surface area contributed by atoms with Gasteiger partial charge in [0, 0.05) is 11.1 Å². The van der Waals surface area contributed by atoms with Crippen LogP contribution in [0.2, 0.25) is 10.0 Å². The maximum Gasteiger partial charge on any atom is 0.264 e. The summed E-state index contributed by atoms with van der Waals surface area (Å²) in [6, 6.07) is 12.5. The van der Waals surface area contributed by atoms with Crippen molar-refractivity contribution in [2.75, 3.05) is 0 Å². The largest absolute Gasteiger partial charge is 0.482 e. The SMILES string of the molecule is C=C(C)C(=O)c1ccc(OCc2nc(-c3ccccc3)no2)c(Cl)c1Cl. The fraction of sp³-hybridized carbons (Fsp3) is 0.105. The van der Waals surface area contributed by atoms with Crippen molar-refractivity contribution in [1.29, 1.82) is 0 Å². The molecule has 26 heavy (non-hydrogen) atoms. The lowest BCUT2D eigenvalue weighted by Gasteiger charge is -2.10. The number of ketones is 1. The number of Topliss-reactive ketones (excluding diaryl/α,β-unsaturated/α-hetero) is 1. The molecule has 0 N–H and O–H groups in total. The van der Waals surface area contributed by atoms with Crippen molar-refractivity contribution in [3.05, 3.63) is 76.1 Å². The zero-order chi connectivity index (χ0) is 18.7. The van der Waals surface area contributed by atoms with Crippen LogP contribution in [0.25, 0.3) is 11.4 Å². The molecule has 2 aromatic carbocycles. The summed E-state index contributed by atoms with van der Waals surface area (Å²) in [5, 5.41) is 4.17. The molecule has 0 aliphatic heterocycles. The van der Waals surface area contributed by atoms with Crippen LogP contribution in [-0.2, 0) is 6.61 Å². The van der Waals surface area contributed by atoms with Crippen LogP contribution in [0.5, 0.6) is 5.75 Å². The van der Waals surface area contributed by atoms with Gasteiger partial charge in [-0.05, 0) is 24.6 Å². The van der Waals surface area contributed by atoms with E-state index in [2.05, 4.69) is 16.7 Å². The maximum absolute atomic E-state index is 12.0. The maximum atomic E-state index is 12.0. The van der Waals surface area contributed by atoms with Crippen molar-refractivity contribution < 1.29 is 14.1 Å². The van der Waals surface area contributed by atoms with Crippen LogP contribution in [0.4, 0.5) is 0 Å². The molecule has 0 unspecified atom stereocenters. The van der Waals surface area contributed by atoms with Gasteiger partial charge >= 0.3 is 0 Å². The predicted octanol–water partition coefficient (Wildman–Crippen LogP) is 5.38. The van der Waals surface area contributed by atoms with E-state index in [0.29, 0.717) is 17.1 Å². The standard InChI is InChI=1S/C19H14Cl2N2O3/c1-11(2)18(24)13-8-9-14(17(21)16(13)20)25-10-15-22-19(23-26-15)12-6-4-3-5-7-12/h3-9H,1,10H2,2H3. The van der Waals surface area contributed by atoms with Crippen molar-refractivity contribution in [3.8, 4) is 17.1 Å². The van der Waals surface area contributed by atoms with Gasteiger partial charge in [0.15, 0.2) is 12.4 Å². The lowest BCUT2D eigenvalue weighted by Crippen LogP contribution is -2.02. The first-order chi connectivity index (χ1) is 12.5. The highest BCUT2D eigenvalue weighted by atomic mass is 35.5. The van der Waals surface area contributed by atoms with Crippen LogP contribution in [0, 0.1) is 0 Å². The Hall–Kier alpha value is -2.63. The molecule has 0 aliphatic rings. The van der Waals surface area contributed by atoms with Gasteiger partial charge in [0.05, 0.1) is 5.02 Å². The van der Waals surface area contributed by atoms with Gasteiger partial charge in [-0.3, -0.25) is 4.79 Å². The topological polar surface area (TPSA) is 65.2 Å². The fourth-order valence-electron chi connectivity index (χ4n) is 2.21. The Kier molecular flexibility index (Phi) is 5.40. The van der Waals surface area contributed by atoms with Crippen LogP contribution >= 0.6 is 23.2 Å². The molecule has 0 fully saturated rings. The van der Waals surface area contributed by atoms with E-state index in [1.54, 1.807) is 19.1 Å². The third-order valence-electron chi connectivity index (χ3n) is 3.53. The Morgan fingerprint density at radius 1 is 1.15 bits per heavy atom. The summed E-state index contributed by atoms with van der Waals surface area (Å²) in [4.78, 5) is 16.3. The predicted molar refractivity (Wildman–Crippen MR) is 99.7 cm³/mol. The second kappa shape index (κ2) is 7.72. The third-order valence-corrected chi connectivity index (χ3v) is 4.39. The molecular formula is C19H14Cl2N2O3. The number of ether oxygens (including phenoxy) is 1. The van der Waals surface area contributed by atoms with Crippen LogP contribution in [0.3, 0.4) is 0 Å². The van der Waals surface area contributed by atoms with Gasteiger partial charge in [-0.2, -0.15) is 4.98 Å². The van der Waals surface area contributed by atoms with E-state index in [0.717, 1.165) is 5.56 Å². The molecular weight excluding hydrogens is 375 g/mol. The average Bonchev–Trinajstić information content (AvgIpc) is 3.12. The minimum Gasteiger partial charge on any atom is -0.482 e. The normalized spacial score (nSPS) is 10.6.